The molecule has 0 saturated heterocycles. The van der Waals surface area contributed by atoms with E-state index < -0.39 is 0 Å². The number of halogens is 1. The number of pyridine rings is 1. The highest BCUT2D eigenvalue weighted by Crippen LogP contribution is 2.21. The first kappa shape index (κ1) is 12.7. The van der Waals surface area contributed by atoms with Crippen molar-refractivity contribution in [1.82, 2.24) is 4.98 Å². The summed E-state index contributed by atoms with van der Waals surface area (Å²) in [6.45, 7) is 2.56. The molecular weight excluding hydrogens is 294 g/mol. The van der Waals surface area contributed by atoms with Crippen LogP contribution in [-0.4, -0.2) is 10.1 Å². The van der Waals surface area contributed by atoms with Crippen LogP contribution < -0.4 is 11.1 Å². The number of nitrogens with one attached hydrogen (secondary N) is 1. The van der Waals surface area contributed by atoms with Gasteiger partial charge in [-0.25, -0.2) is 4.98 Å². The molecule has 0 saturated carbocycles. The number of nitrogen functional groups attached to an aromatic ring is 1. The monoisotopic (exact) mass is 307 g/mol. The predicted octanol–water partition coefficient (Wildman–Crippen LogP) is 3.05. The average Bonchev–Trinajstić information content (AvgIpc) is 2.35. The minimum absolute atomic E-state index is 0.104. The van der Waals surface area contributed by atoms with Crippen LogP contribution in [0.15, 0.2) is 34.9 Å². The van der Waals surface area contributed by atoms with Crippen molar-refractivity contribution in [2.75, 3.05) is 11.1 Å². The summed E-state index contributed by atoms with van der Waals surface area (Å²) >= 11 is 3.39. The molecule has 2 rings (SSSR count). The highest BCUT2D eigenvalue weighted by atomic mass is 79.9. The lowest BCUT2D eigenvalue weighted by molar-refractivity contribution is 0.477. The second kappa shape index (κ2) is 5.27. The van der Waals surface area contributed by atoms with Gasteiger partial charge in [-0.3, -0.25) is 0 Å². The lowest BCUT2D eigenvalue weighted by atomic mass is 10.2. The predicted molar refractivity (Wildman–Crippen MR) is 76.5 cm³/mol. The first-order valence-electron chi connectivity index (χ1n) is 5.50. The number of hydrogen-bond acceptors (Lipinski definition) is 4. The van der Waals surface area contributed by atoms with Gasteiger partial charge in [-0.2, -0.15) is 0 Å². The number of phenolic OH excluding ortho intramolecular Hbond substituents is 1. The molecule has 0 unspecified atom stereocenters. The van der Waals surface area contributed by atoms with Crippen LogP contribution in [0.25, 0.3) is 0 Å². The van der Waals surface area contributed by atoms with Gasteiger partial charge in [0.05, 0.1) is 5.69 Å². The van der Waals surface area contributed by atoms with Crippen LogP contribution >= 0.6 is 15.9 Å². The molecule has 0 radical (unpaired) electrons. The molecule has 0 aliphatic carbocycles. The van der Waals surface area contributed by atoms with Gasteiger partial charge in [0.15, 0.2) is 0 Å². The number of nitrogens with zero attached hydrogens (tertiary/aromatic N) is 1. The number of hydrogen-bond donors (Lipinski definition) is 3. The summed E-state index contributed by atoms with van der Waals surface area (Å²) in [4.78, 5) is 4.35. The van der Waals surface area contributed by atoms with Crippen molar-refractivity contribution in [2.24, 2.45) is 0 Å². The van der Waals surface area contributed by atoms with Gasteiger partial charge in [0.25, 0.3) is 0 Å². The number of nitrogens with two attached hydrogens (primary N) is 1. The third-order valence-corrected chi connectivity index (χ3v) is 3.41. The maximum Gasteiger partial charge on any atom is 0.138 e. The highest BCUT2D eigenvalue weighted by Gasteiger charge is 2.01. The zero-order chi connectivity index (χ0) is 13.1. The summed E-state index contributed by atoms with van der Waals surface area (Å²) in [6, 6.07) is 9.10. The first-order chi connectivity index (χ1) is 8.56. The van der Waals surface area contributed by atoms with E-state index in [1.54, 1.807) is 12.1 Å². The third kappa shape index (κ3) is 2.92. The fraction of sp³-hybridized carbons (Fsp3) is 0.154. The summed E-state index contributed by atoms with van der Waals surface area (Å²) < 4.78 is 0.827. The molecule has 1 aromatic carbocycles. The van der Waals surface area contributed by atoms with Gasteiger partial charge >= 0.3 is 0 Å². The Hall–Kier alpha value is -1.75. The van der Waals surface area contributed by atoms with Gasteiger partial charge in [-0.1, -0.05) is 12.1 Å². The summed E-state index contributed by atoms with van der Waals surface area (Å²) in [5.74, 6) is 0.885. The molecule has 0 fully saturated rings. The largest absolute Gasteiger partial charge is 0.506 e. The van der Waals surface area contributed by atoms with Crippen molar-refractivity contribution in [3.8, 4) is 5.75 Å². The number of anilines is 2. The molecule has 5 heteroatoms. The summed E-state index contributed by atoms with van der Waals surface area (Å²) in [5.41, 5.74) is 7.96. The molecule has 94 valence electrons. The summed E-state index contributed by atoms with van der Waals surface area (Å²) in [7, 11) is 0. The van der Waals surface area contributed by atoms with Crippen LogP contribution in [-0.2, 0) is 6.54 Å². The van der Waals surface area contributed by atoms with Crippen LogP contribution in [0, 0.1) is 6.92 Å². The number of phenols is 1. The van der Waals surface area contributed by atoms with Crippen molar-refractivity contribution in [3.63, 3.8) is 0 Å². The van der Waals surface area contributed by atoms with Gasteiger partial charge in [-0.05, 0) is 52.2 Å². The van der Waals surface area contributed by atoms with E-state index in [2.05, 4.69) is 26.2 Å². The van der Waals surface area contributed by atoms with E-state index in [9.17, 15) is 5.11 Å². The van der Waals surface area contributed by atoms with E-state index in [-0.39, 0.29) is 5.75 Å². The maximum absolute atomic E-state index is 9.50. The Balaban J connectivity index is 2.06. The normalized spacial score (nSPS) is 10.3. The molecule has 0 aliphatic rings. The highest BCUT2D eigenvalue weighted by molar-refractivity contribution is 9.10. The molecule has 4 nitrogen and oxygen atoms in total. The molecule has 0 atom stereocenters. The Bertz CT molecular complexity index is 521. The smallest absolute Gasteiger partial charge is 0.138 e. The number of aromatic hydroxyl groups is 1. The summed E-state index contributed by atoms with van der Waals surface area (Å²) in [6.07, 6.45) is 0. The second-order valence-corrected chi connectivity index (χ2v) is 4.80. The van der Waals surface area contributed by atoms with E-state index in [1.165, 1.54) is 0 Å². The minimum atomic E-state index is 0.104. The van der Waals surface area contributed by atoms with Gasteiger partial charge < -0.3 is 16.2 Å². The Morgan fingerprint density at radius 1 is 1.33 bits per heavy atom. The Morgan fingerprint density at radius 2 is 2.11 bits per heavy atom. The molecule has 0 spiro atoms. The van der Waals surface area contributed by atoms with Gasteiger partial charge in [0.1, 0.15) is 16.2 Å². The Labute approximate surface area is 114 Å². The third-order valence-electron chi connectivity index (χ3n) is 2.60. The lowest BCUT2D eigenvalue weighted by Gasteiger charge is -2.08. The number of aromatic nitrogens is 1. The molecule has 18 heavy (non-hydrogen) atoms. The van der Waals surface area contributed by atoms with Crippen molar-refractivity contribution < 1.29 is 5.11 Å². The Morgan fingerprint density at radius 3 is 2.78 bits per heavy atom. The fourth-order valence-electron chi connectivity index (χ4n) is 1.49. The molecule has 0 amide bonds. The van der Waals surface area contributed by atoms with Crippen molar-refractivity contribution in [3.05, 3.63) is 46.1 Å². The van der Waals surface area contributed by atoms with Crippen LogP contribution in [0.5, 0.6) is 5.75 Å². The van der Waals surface area contributed by atoms with Crippen molar-refractivity contribution >= 4 is 27.4 Å². The molecule has 2 aromatic rings. The fourth-order valence-corrected chi connectivity index (χ4v) is 1.82. The van der Waals surface area contributed by atoms with Crippen molar-refractivity contribution in [1.29, 1.82) is 0 Å². The van der Waals surface area contributed by atoms with E-state index in [4.69, 9.17) is 5.73 Å². The first-order valence-corrected chi connectivity index (χ1v) is 6.30. The van der Waals surface area contributed by atoms with Gasteiger partial charge in [-0.15, -0.1) is 0 Å². The van der Waals surface area contributed by atoms with E-state index in [1.807, 2.05) is 25.1 Å². The van der Waals surface area contributed by atoms with Gasteiger partial charge in [0.2, 0.25) is 0 Å². The second-order valence-electron chi connectivity index (χ2n) is 4.05. The van der Waals surface area contributed by atoms with E-state index in [0.29, 0.717) is 12.2 Å². The Kier molecular flexibility index (Phi) is 3.72. The van der Waals surface area contributed by atoms with Gasteiger partial charge in [0, 0.05) is 6.54 Å². The number of aryl methyl sites for hydroxylation is 1. The zero-order valence-electron chi connectivity index (χ0n) is 9.94. The molecule has 0 bridgehead atoms. The topological polar surface area (TPSA) is 71.2 Å². The molecule has 1 aromatic heterocycles. The van der Waals surface area contributed by atoms with E-state index >= 15 is 0 Å². The quantitative estimate of drug-likeness (QED) is 0.463. The number of benzene rings is 1. The molecular formula is C13H14BrN3O. The average molecular weight is 308 g/mol. The molecule has 0 aliphatic heterocycles. The van der Waals surface area contributed by atoms with Crippen LogP contribution in [0.1, 0.15) is 11.1 Å². The molecule has 4 N–H and O–H groups in total. The SMILES string of the molecule is Cc1ccc(NCc2ccc(N)c(O)c2)nc1Br. The summed E-state index contributed by atoms with van der Waals surface area (Å²) in [5, 5.41) is 12.7. The minimum Gasteiger partial charge on any atom is -0.506 e. The maximum atomic E-state index is 9.50. The van der Waals surface area contributed by atoms with Crippen LogP contribution in [0.4, 0.5) is 11.5 Å². The standard InChI is InChI=1S/C13H14BrN3O/c1-8-2-5-12(17-13(8)14)16-7-9-3-4-10(15)11(18)6-9/h2-6,18H,7,15H2,1H3,(H,16,17). The van der Waals surface area contributed by atoms with Crippen molar-refractivity contribution in [2.45, 2.75) is 13.5 Å². The number of rotatable bonds is 3. The lowest BCUT2D eigenvalue weighted by Crippen LogP contribution is -2.02. The van der Waals surface area contributed by atoms with Crippen LogP contribution in [0.2, 0.25) is 0 Å². The zero-order valence-corrected chi connectivity index (χ0v) is 11.5. The van der Waals surface area contributed by atoms with Crippen LogP contribution in [0.3, 0.4) is 0 Å². The van der Waals surface area contributed by atoms with E-state index in [0.717, 1.165) is 21.5 Å². The molecule has 1 heterocycles.